The lowest BCUT2D eigenvalue weighted by atomic mass is 10.1. The fraction of sp³-hybridized carbons (Fsp3) is 0.350. The van der Waals surface area contributed by atoms with Crippen molar-refractivity contribution in [3.63, 3.8) is 0 Å². The van der Waals surface area contributed by atoms with Crippen LogP contribution in [0.25, 0.3) is 0 Å². The third-order valence-corrected chi connectivity index (χ3v) is 4.15. The molecule has 5 nitrogen and oxygen atoms in total. The first-order chi connectivity index (χ1) is 12.3. The molecule has 0 bridgehead atoms. The number of nitrogens with one attached hydrogen (secondary N) is 2. The molecule has 6 heteroatoms. The van der Waals surface area contributed by atoms with Crippen molar-refractivity contribution in [3.05, 3.63) is 60.2 Å². The molecule has 0 saturated carbocycles. The van der Waals surface area contributed by atoms with Crippen LogP contribution in [0.15, 0.2) is 54.6 Å². The van der Waals surface area contributed by atoms with Crippen LogP contribution in [0, 0.1) is 0 Å². The van der Waals surface area contributed by atoms with Crippen molar-refractivity contribution in [2.75, 3.05) is 19.7 Å². The molecule has 1 amide bonds. The minimum atomic E-state index is -0.0729. The molecule has 0 aliphatic carbocycles. The molecule has 0 aromatic heterocycles. The Morgan fingerprint density at radius 3 is 2.23 bits per heavy atom. The maximum atomic E-state index is 11.9. The number of ether oxygens (including phenoxy) is 2. The molecule has 26 heavy (non-hydrogen) atoms. The smallest absolute Gasteiger partial charge is 0.258 e. The van der Waals surface area contributed by atoms with E-state index in [1.165, 1.54) is 0 Å². The Morgan fingerprint density at radius 1 is 0.962 bits per heavy atom. The molecule has 0 unspecified atom stereocenters. The molecule has 1 aliphatic heterocycles. The van der Waals surface area contributed by atoms with E-state index in [1.807, 2.05) is 54.6 Å². The average Bonchev–Trinajstić information content (AvgIpc) is 2.67. The zero-order chi connectivity index (χ0) is 17.3. The van der Waals surface area contributed by atoms with Crippen molar-refractivity contribution in [2.45, 2.75) is 25.5 Å². The maximum Gasteiger partial charge on any atom is 0.258 e. The van der Waals surface area contributed by atoms with Gasteiger partial charge in [0.05, 0.1) is 0 Å². The summed E-state index contributed by atoms with van der Waals surface area (Å²) in [5.41, 5.74) is 1.12. The lowest BCUT2D eigenvalue weighted by molar-refractivity contribution is -0.123. The summed E-state index contributed by atoms with van der Waals surface area (Å²) in [7, 11) is 0. The minimum absolute atomic E-state index is 0. The van der Waals surface area contributed by atoms with E-state index in [0.29, 0.717) is 12.4 Å². The zero-order valence-electron chi connectivity index (χ0n) is 14.6. The van der Waals surface area contributed by atoms with Crippen molar-refractivity contribution in [2.24, 2.45) is 0 Å². The van der Waals surface area contributed by atoms with Gasteiger partial charge < -0.3 is 20.1 Å². The molecule has 1 aliphatic rings. The number of piperidine rings is 1. The van der Waals surface area contributed by atoms with E-state index in [9.17, 15) is 4.79 Å². The van der Waals surface area contributed by atoms with Crippen LogP contribution in [0.3, 0.4) is 0 Å². The van der Waals surface area contributed by atoms with Gasteiger partial charge in [-0.1, -0.05) is 30.3 Å². The number of benzene rings is 2. The highest BCUT2D eigenvalue weighted by atomic mass is 35.5. The second-order valence-electron chi connectivity index (χ2n) is 6.13. The molecule has 140 valence electrons. The van der Waals surface area contributed by atoms with Crippen LogP contribution in [0.2, 0.25) is 0 Å². The molecule has 1 heterocycles. The number of rotatable bonds is 7. The second-order valence-corrected chi connectivity index (χ2v) is 6.13. The van der Waals surface area contributed by atoms with Crippen LogP contribution < -0.4 is 20.1 Å². The molecular weight excluding hydrogens is 352 g/mol. The molecule has 0 atom stereocenters. The van der Waals surface area contributed by atoms with Crippen molar-refractivity contribution < 1.29 is 14.3 Å². The summed E-state index contributed by atoms with van der Waals surface area (Å²) in [6.07, 6.45) is 1.94. The molecule has 0 spiro atoms. The normalized spacial score (nSPS) is 14.2. The van der Waals surface area contributed by atoms with E-state index in [-0.39, 0.29) is 31.0 Å². The van der Waals surface area contributed by atoms with Gasteiger partial charge in [0.25, 0.3) is 5.91 Å². The Hall–Kier alpha value is -2.24. The fourth-order valence-electron chi connectivity index (χ4n) is 2.76. The van der Waals surface area contributed by atoms with E-state index in [1.54, 1.807) is 0 Å². The molecule has 1 saturated heterocycles. The zero-order valence-corrected chi connectivity index (χ0v) is 15.5. The van der Waals surface area contributed by atoms with Crippen LogP contribution in [0.4, 0.5) is 0 Å². The standard InChI is InChI=1S/C20H24N2O3.ClH/c23-20(22-17-10-12-21-13-11-17)15-25-19-8-6-18(7-9-19)24-14-16-4-2-1-3-5-16;/h1-9,17,21H,10-15H2,(H,22,23);1H. The Morgan fingerprint density at radius 2 is 1.58 bits per heavy atom. The van der Waals surface area contributed by atoms with Gasteiger partial charge in [0.15, 0.2) is 6.61 Å². The maximum absolute atomic E-state index is 11.9. The van der Waals surface area contributed by atoms with Gasteiger partial charge in [0.2, 0.25) is 0 Å². The molecule has 2 aromatic carbocycles. The molecule has 3 rings (SSSR count). The van der Waals surface area contributed by atoms with Crippen LogP contribution in [-0.4, -0.2) is 31.6 Å². The van der Waals surface area contributed by atoms with Gasteiger partial charge in [-0.15, -0.1) is 12.4 Å². The number of amides is 1. The van der Waals surface area contributed by atoms with Crippen LogP contribution >= 0.6 is 12.4 Å². The summed E-state index contributed by atoms with van der Waals surface area (Å²) in [4.78, 5) is 11.9. The first kappa shape index (κ1) is 20.1. The summed E-state index contributed by atoms with van der Waals surface area (Å²) >= 11 is 0. The van der Waals surface area contributed by atoms with E-state index in [0.717, 1.165) is 37.2 Å². The topological polar surface area (TPSA) is 59.6 Å². The predicted octanol–water partition coefficient (Wildman–Crippen LogP) is 2.93. The van der Waals surface area contributed by atoms with Gasteiger partial charge in [-0.25, -0.2) is 0 Å². The monoisotopic (exact) mass is 376 g/mol. The quantitative estimate of drug-likeness (QED) is 0.780. The van der Waals surface area contributed by atoms with Crippen molar-refractivity contribution >= 4 is 18.3 Å². The summed E-state index contributed by atoms with van der Waals surface area (Å²) in [6, 6.07) is 17.6. The molecule has 1 fully saturated rings. The van der Waals surface area contributed by atoms with Gasteiger partial charge in [-0.2, -0.15) is 0 Å². The first-order valence-electron chi connectivity index (χ1n) is 8.69. The highest BCUT2D eigenvalue weighted by Crippen LogP contribution is 2.18. The van der Waals surface area contributed by atoms with Crippen LogP contribution in [0.1, 0.15) is 18.4 Å². The lowest BCUT2D eigenvalue weighted by Crippen LogP contribution is -2.44. The average molecular weight is 377 g/mol. The summed E-state index contributed by atoms with van der Waals surface area (Å²) in [6.45, 7) is 2.47. The van der Waals surface area contributed by atoms with Gasteiger partial charge in [0.1, 0.15) is 18.1 Å². The molecule has 2 aromatic rings. The predicted molar refractivity (Wildman–Crippen MR) is 104 cm³/mol. The van der Waals surface area contributed by atoms with Gasteiger partial charge in [-0.3, -0.25) is 4.79 Å². The third-order valence-electron chi connectivity index (χ3n) is 4.15. The van der Waals surface area contributed by atoms with Crippen molar-refractivity contribution in [1.82, 2.24) is 10.6 Å². The summed E-state index contributed by atoms with van der Waals surface area (Å²) in [5, 5.41) is 6.29. The SMILES string of the molecule is Cl.O=C(COc1ccc(OCc2ccccc2)cc1)NC1CCNCC1. The number of hydrogen-bond donors (Lipinski definition) is 2. The van der Waals surface area contributed by atoms with E-state index < -0.39 is 0 Å². The minimum Gasteiger partial charge on any atom is -0.489 e. The first-order valence-corrected chi connectivity index (χ1v) is 8.69. The number of halogens is 1. The number of carbonyl (C=O) groups excluding carboxylic acids is 1. The van der Waals surface area contributed by atoms with Crippen molar-refractivity contribution in [3.8, 4) is 11.5 Å². The largest absolute Gasteiger partial charge is 0.489 e. The van der Waals surface area contributed by atoms with Crippen molar-refractivity contribution in [1.29, 1.82) is 0 Å². The fourth-order valence-corrected chi connectivity index (χ4v) is 2.76. The Kier molecular flexibility index (Phi) is 8.25. The summed E-state index contributed by atoms with van der Waals surface area (Å²) in [5.74, 6) is 1.36. The number of hydrogen-bond acceptors (Lipinski definition) is 4. The Bertz CT molecular complexity index is 659. The van der Waals surface area contributed by atoms with Crippen LogP contribution in [-0.2, 0) is 11.4 Å². The Labute approximate surface area is 160 Å². The Balaban J connectivity index is 0.00000243. The van der Waals surface area contributed by atoms with E-state index in [4.69, 9.17) is 9.47 Å². The third kappa shape index (κ3) is 6.58. The molecule has 0 radical (unpaired) electrons. The highest BCUT2D eigenvalue weighted by molar-refractivity contribution is 5.85. The van der Waals surface area contributed by atoms with Gasteiger partial charge in [0, 0.05) is 6.04 Å². The molecular formula is C20H25ClN2O3. The number of carbonyl (C=O) groups is 1. The van der Waals surface area contributed by atoms with E-state index >= 15 is 0 Å². The van der Waals surface area contributed by atoms with Gasteiger partial charge >= 0.3 is 0 Å². The van der Waals surface area contributed by atoms with Crippen LogP contribution in [0.5, 0.6) is 11.5 Å². The summed E-state index contributed by atoms with van der Waals surface area (Å²) < 4.78 is 11.3. The molecule has 2 N–H and O–H groups in total. The van der Waals surface area contributed by atoms with E-state index in [2.05, 4.69) is 10.6 Å². The lowest BCUT2D eigenvalue weighted by Gasteiger charge is -2.23. The highest BCUT2D eigenvalue weighted by Gasteiger charge is 2.15. The van der Waals surface area contributed by atoms with Gasteiger partial charge in [-0.05, 0) is 55.8 Å². The second kappa shape index (κ2) is 10.7.